The molecule has 1 rings (SSSR count). The lowest BCUT2D eigenvalue weighted by Gasteiger charge is -2.30. The third kappa shape index (κ3) is 7.99. The Balaban J connectivity index is 2.27. The number of rotatable bonds is 7. The van der Waals surface area contributed by atoms with Crippen molar-refractivity contribution in [3.63, 3.8) is 0 Å². The van der Waals surface area contributed by atoms with Crippen LogP contribution in [0.2, 0.25) is 0 Å². The summed E-state index contributed by atoms with van der Waals surface area (Å²) in [6, 6.07) is 0. The van der Waals surface area contributed by atoms with Crippen LogP contribution >= 0.6 is 0 Å². The Morgan fingerprint density at radius 1 is 1.36 bits per heavy atom. The number of nitrogens with one attached hydrogen (secondary N) is 1. The van der Waals surface area contributed by atoms with Gasteiger partial charge in [0.25, 0.3) is 0 Å². The molecule has 5 nitrogen and oxygen atoms in total. The fourth-order valence-electron chi connectivity index (χ4n) is 2.85. The smallest absolute Gasteiger partial charge is 0.410 e. The Bertz CT molecular complexity index is 328. The molecule has 0 saturated carbocycles. The number of piperidine rings is 1. The van der Waals surface area contributed by atoms with E-state index in [1.165, 1.54) is 25.9 Å². The van der Waals surface area contributed by atoms with E-state index < -0.39 is 5.60 Å². The van der Waals surface area contributed by atoms with Crippen molar-refractivity contribution < 1.29 is 9.53 Å². The average molecular weight is 313 g/mol. The highest BCUT2D eigenvalue weighted by atomic mass is 16.6. The van der Waals surface area contributed by atoms with Crippen LogP contribution in [0.1, 0.15) is 47.0 Å². The topological polar surface area (TPSA) is 44.8 Å². The van der Waals surface area contributed by atoms with Gasteiger partial charge in [0.05, 0.1) is 0 Å². The monoisotopic (exact) mass is 313 g/mol. The highest BCUT2D eigenvalue weighted by Crippen LogP contribution is 2.14. The molecule has 130 valence electrons. The summed E-state index contributed by atoms with van der Waals surface area (Å²) in [4.78, 5) is 16.4. The van der Waals surface area contributed by atoms with Gasteiger partial charge in [-0.25, -0.2) is 4.79 Å². The Morgan fingerprint density at radius 2 is 2.09 bits per heavy atom. The third-order valence-corrected chi connectivity index (χ3v) is 3.86. The van der Waals surface area contributed by atoms with E-state index in [0.29, 0.717) is 6.54 Å². The number of ether oxygens (including phenoxy) is 1. The van der Waals surface area contributed by atoms with Crippen LogP contribution in [0.25, 0.3) is 0 Å². The van der Waals surface area contributed by atoms with E-state index in [2.05, 4.69) is 24.2 Å². The first-order valence-corrected chi connectivity index (χ1v) is 8.69. The summed E-state index contributed by atoms with van der Waals surface area (Å²) in [6.07, 6.45) is 3.35. The van der Waals surface area contributed by atoms with Crippen LogP contribution < -0.4 is 5.32 Å². The van der Waals surface area contributed by atoms with E-state index in [1.54, 1.807) is 0 Å². The standard InChI is InChI=1S/C17H35N3O2/c1-6-10-20(16(21)22-17(2,3)4)12-9-18-13-15-8-7-11-19(5)14-15/h15,18H,6-14H2,1-5H3. The van der Waals surface area contributed by atoms with E-state index in [4.69, 9.17) is 4.74 Å². The fraction of sp³-hybridized carbons (Fsp3) is 0.941. The molecule has 22 heavy (non-hydrogen) atoms. The van der Waals surface area contributed by atoms with E-state index in [9.17, 15) is 4.79 Å². The molecule has 1 aliphatic heterocycles. The molecule has 1 N–H and O–H groups in total. The molecule has 0 bridgehead atoms. The lowest BCUT2D eigenvalue weighted by Crippen LogP contribution is -2.42. The summed E-state index contributed by atoms with van der Waals surface area (Å²) in [5.74, 6) is 0.736. The molecule has 1 amide bonds. The van der Waals surface area contributed by atoms with Gasteiger partial charge in [-0.2, -0.15) is 0 Å². The number of carbonyl (C=O) groups excluding carboxylic acids is 1. The molecule has 1 unspecified atom stereocenters. The van der Waals surface area contributed by atoms with Crippen molar-refractivity contribution in [2.75, 3.05) is 46.3 Å². The number of likely N-dealkylation sites (tertiary alicyclic amines) is 1. The largest absolute Gasteiger partial charge is 0.444 e. The highest BCUT2D eigenvalue weighted by molar-refractivity contribution is 5.68. The summed E-state index contributed by atoms with van der Waals surface area (Å²) < 4.78 is 5.47. The number of amides is 1. The molecule has 1 aliphatic rings. The van der Waals surface area contributed by atoms with Gasteiger partial charge in [0.2, 0.25) is 0 Å². The predicted octanol–water partition coefficient (Wildman–Crippen LogP) is 2.56. The lowest BCUT2D eigenvalue weighted by molar-refractivity contribution is 0.0251. The molecule has 1 fully saturated rings. The van der Waals surface area contributed by atoms with Crippen LogP contribution in [0.5, 0.6) is 0 Å². The van der Waals surface area contributed by atoms with Crippen molar-refractivity contribution in [1.82, 2.24) is 15.1 Å². The maximum Gasteiger partial charge on any atom is 0.410 e. The van der Waals surface area contributed by atoms with Crippen molar-refractivity contribution >= 4 is 6.09 Å². The zero-order valence-electron chi connectivity index (χ0n) is 15.2. The third-order valence-electron chi connectivity index (χ3n) is 3.86. The number of nitrogens with zero attached hydrogens (tertiary/aromatic N) is 2. The fourth-order valence-corrected chi connectivity index (χ4v) is 2.85. The van der Waals surface area contributed by atoms with Crippen molar-refractivity contribution in [2.45, 2.75) is 52.6 Å². The van der Waals surface area contributed by atoms with E-state index in [-0.39, 0.29) is 6.09 Å². The van der Waals surface area contributed by atoms with Crippen LogP contribution in [0.3, 0.4) is 0 Å². The summed E-state index contributed by atoms with van der Waals surface area (Å²) in [5, 5.41) is 3.51. The minimum Gasteiger partial charge on any atom is -0.444 e. The normalized spacial score (nSPS) is 20.0. The molecule has 0 radical (unpaired) electrons. The van der Waals surface area contributed by atoms with Gasteiger partial charge in [-0.05, 0) is 66.1 Å². The van der Waals surface area contributed by atoms with Crippen molar-refractivity contribution in [1.29, 1.82) is 0 Å². The van der Waals surface area contributed by atoms with Gasteiger partial charge < -0.3 is 19.9 Å². The minimum absolute atomic E-state index is 0.200. The maximum atomic E-state index is 12.2. The van der Waals surface area contributed by atoms with E-state index in [1.807, 2.05) is 25.7 Å². The van der Waals surface area contributed by atoms with Gasteiger partial charge in [-0.15, -0.1) is 0 Å². The van der Waals surface area contributed by atoms with E-state index in [0.717, 1.165) is 32.0 Å². The van der Waals surface area contributed by atoms with Crippen molar-refractivity contribution in [3.8, 4) is 0 Å². The molecule has 0 aromatic heterocycles. The maximum absolute atomic E-state index is 12.2. The molecular weight excluding hydrogens is 278 g/mol. The van der Waals surface area contributed by atoms with Gasteiger partial charge in [0, 0.05) is 26.2 Å². The quantitative estimate of drug-likeness (QED) is 0.734. The second-order valence-electron chi connectivity index (χ2n) is 7.44. The van der Waals surface area contributed by atoms with Crippen molar-refractivity contribution in [2.24, 2.45) is 5.92 Å². The van der Waals surface area contributed by atoms with Crippen LogP contribution in [0.4, 0.5) is 4.79 Å². The zero-order chi connectivity index (χ0) is 16.6. The number of carbonyl (C=O) groups is 1. The lowest BCUT2D eigenvalue weighted by atomic mass is 9.98. The molecule has 1 heterocycles. The second kappa shape index (κ2) is 9.36. The SMILES string of the molecule is CCCN(CCNCC1CCCN(C)C1)C(=O)OC(C)(C)C. The summed E-state index contributed by atoms with van der Waals surface area (Å²) in [5.41, 5.74) is -0.427. The Morgan fingerprint density at radius 3 is 2.68 bits per heavy atom. The molecule has 0 aromatic rings. The Hall–Kier alpha value is -0.810. The Labute approximate surface area is 136 Å². The van der Waals surface area contributed by atoms with Crippen molar-refractivity contribution in [3.05, 3.63) is 0 Å². The average Bonchev–Trinajstić information content (AvgIpc) is 2.40. The number of hydrogen-bond acceptors (Lipinski definition) is 4. The first-order valence-electron chi connectivity index (χ1n) is 8.69. The van der Waals surface area contributed by atoms with E-state index >= 15 is 0 Å². The molecule has 1 atom stereocenters. The zero-order valence-corrected chi connectivity index (χ0v) is 15.2. The highest BCUT2D eigenvalue weighted by Gasteiger charge is 2.21. The van der Waals surface area contributed by atoms with Gasteiger partial charge in [0.1, 0.15) is 5.60 Å². The minimum atomic E-state index is -0.427. The summed E-state index contributed by atoms with van der Waals surface area (Å²) in [6.45, 7) is 13.6. The summed E-state index contributed by atoms with van der Waals surface area (Å²) in [7, 11) is 2.19. The first-order chi connectivity index (χ1) is 10.3. The van der Waals surface area contributed by atoms with Crippen LogP contribution in [0, 0.1) is 5.92 Å². The molecule has 0 spiro atoms. The molecular formula is C17H35N3O2. The van der Waals surface area contributed by atoms with Crippen LogP contribution in [-0.2, 0) is 4.74 Å². The van der Waals surface area contributed by atoms with Gasteiger partial charge in [0.15, 0.2) is 0 Å². The van der Waals surface area contributed by atoms with Crippen LogP contribution in [0.15, 0.2) is 0 Å². The molecule has 5 heteroatoms. The molecule has 0 aliphatic carbocycles. The first kappa shape index (κ1) is 19.2. The predicted molar refractivity (Wildman–Crippen MR) is 91.2 cm³/mol. The molecule has 1 saturated heterocycles. The Kier molecular flexibility index (Phi) is 8.18. The van der Waals surface area contributed by atoms with Gasteiger partial charge in [-0.3, -0.25) is 0 Å². The summed E-state index contributed by atoms with van der Waals surface area (Å²) >= 11 is 0. The van der Waals surface area contributed by atoms with Crippen LogP contribution in [-0.4, -0.2) is 67.8 Å². The number of hydrogen-bond donors (Lipinski definition) is 1. The van der Waals surface area contributed by atoms with Gasteiger partial charge >= 0.3 is 6.09 Å². The second-order valence-corrected chi connectivity index (χ2v) is 7.44. The van der Waals surface area contributed by atoms with Gasteiger partial charge in [-0.1, -0.05) is 6.92 Å². The molecule has 0 aromatic carbocycles.